The van der Waals surface area contributed by atoms with Crippen LogP contribution in [0.1, 0.15) is 5.69 Å². The maximum atomic E-state index is 13.4. The molecular formula is C11H8ClFN2O. The minimum absolute atomic E-state index is 0.0259. The van der Waals surface area contributed by atoms with Crippen molar-refractivity contribution in [3.05, 3.63) is 53.3 Å². The number of halogens is 2. The quantitative estimate of drug-likeness (QED) is 0.772. The molecule has 3 nitrogen and oxygen atoms in total. The highest BCUT2D eigenvalue weighted by Crippen LogP contribution is 2.15. The van der Waals surface area contributed by atoms with E-state index in [-0.39, 0.29) is 17.5 Å². The number of nitrogens with zero attached hydrogens (tertiary/aromatic N) is 2. The van der Waals surface area contributed by atoms with Gasteiger partial charge >= 0.3 is 0 Å². The Morgan fingerprint density at radius 3 is 2.69 bits per heavy atom. The van der Waals surface area contributed by atoms with Gasteiger partial charge in [0.25, 0.3) is 0 Å². The molecule has 0 unspecified atom stereocenters. The number of rotatable bonds is 3. The Hall–Kier alpha value is -1.68. The summed E-state index contributed by atoms with van der Waals surface area (Å²) in [5.41, 5.74) is 0.142. The van der Waals surface area contributed by atoms with E-state index in [4.69, 9.17) is 16.3 Å². The minimum atomic E-state index is -0.639. The second kappa shape index (κ2) is 4.90. The van der Waals surface area contributed by atoms with Crippen LogP contribution in [0.2, 0.25) is 5.15 Å². The Balaban J connectivity index is 2.08. The summed E-state index contributed by atoms with van der Waals surface area (Å²) in [6.07, 6.45) is 1.20. The van der Waals surface area contributed by atoms with Gasteiger partial charge in [0, 0.05) is 0 Å². The highest BCUT2D eigenvalue weighted by molar-refractivity contribution is 6.29. The lowest BCUT2D eigenvalue weighted by Gasteiger charge is -2.06. The summed E-state index contributed by atoms with van der Waals surface area (Å²) in [4.78, 5) is 7.28. The predicted molar refractivity (Wildman–Crippen MR) is 57.8 cm³/mol. The van der Waals surface area contributed by atoms with Gasteiger partial charge in [-0.2, -0.15) is 0 Å². The summed E-state index contributed by atoms with van der Waals surface area (Å²) in [5.74, 6) is 0.0109. The molecule has 0 N–H and O–H groups in total. The zero-order valence-corrected chi connectivity index (χ0v) is 8.99. The zero-order chi connectivity index (χ0) is 11.4. The van der Waals surface area contributed by atoms with Crippen molar-refractivity contribution >= 4 is 11.6 Å². The van der Waals surface area contributed by atoms with Crippen LogP contribution in [0.15, 0.2) is 36.7 Å². The predicted octanol–water partition coefficient (Wildman–Crippen LogP) is 2.85. The highest BCUT2D eigenvalue weighted by atomic mass is 35.5. The fraction of sp³-hybridized carbons (Fsp3) is 0.0909. The van der Waals surface area contributed by atoms with E-state index in [9.17, 15) is 4.39 Å². The van der Waals surface area contributed by atoms with Gasteiger partial charge in [0.05, 0.1) is 0 Å². The molecule has 5 heteroatoms. The van der Waals surface area contributed by atoms with Gasteiger partial charge in [0.1, 0.15) is 24.4 Å². The van der Waals surface area contributed by atoms with Gasteiger partial charge < -0.3 is 4.74 Å². The van der Waals surface area contributed by atoms with Crippen LogP contribution < -0.4 is 4.74 Å². The van der Waals surface area contributed by atoms with E-state index < -0.39 is 5.82 Å². The molecule has 0 aliphatic rings. The first kappa shape index (κ1) is 10.8. The molecule has 16 heavy (non-hydrogen) atoms. The number of hydrogen-bond donors (Lipinski definition) is 0. The van der Waals surface area contributed by atoms with Crippen LogP contribution in [0.3, 0.4) is 0 Å². The number of ether oxygens (including phenoxy) is 1. The van der Waals surface area contributed by atoms with Crippen LogP contribution in [0.5, 0.6) is 5.75 Å². The molecule has 1 heterocycles. The van der Waals surface area contributed by atoms with E-state index in [1.165, 1.54) is 6.33 Å². The number of aromatic nitrogens is 2. The van der Waals surface area contributed by atoms with Crippen molar-refractivity contribution in [3.63, 3.8) is 0 Å². The van der Waals surface area contributed by atoms with E-state index in [1.807, 2.05) is 18.2 Å². The molecule has 0 amide bonds. The lowest BCUT2D eigenvalue weighted by atomic mass is 10.3. The van der Waals surface area contributed by atoms with Crippen molar-refractivity contribution in [2.24, 2.45) is 0 Å². The zero-order valence-electron chi connectivity index (χ0n) is 8.23. The molecule has 0 fully saturated rings. The van der Waals surface area contributed by atoms with Crippen molar-refractivity contribution in [3.8, 4) is 5.75 Å². The largest absolute Gasteiger partial charge is 0.487 e. The fourth-order valence-corrected chi connectivity index (χ4v) is 1.30. The second-order valence-corrected chi connectivity index (χ2v) is 3.38. The third-order valence-corrected chi connectivity index (χ3v) is 2.20. The first-order valence-electron chi connectivity index (χ1n) is 4.60. The van der Waals surface area contributed by atoms with E-state index in [2.05, 4.69) is 9.97 Å². The molecule has 2 rings (SSSR count). The fourth-order valence-electron chi connectivity index (χ4n) is 1.15. The van der Waals surface area contributed by atoms with E-state index >= 15 is 0 Å². The van der Waals surface area contributed by atoms with Crippen LogP contribution in [-0.2, 0) is 6.61 Å². The van der Waals surface area contributed by atoms with E-state index in [0.29, 0.717) is 5.75 Å². The maximum Gasteiger partial charge on any atom is 0.185 e. The van der Waals surface area contributed by atoms with Gasteiger partial charge in [-0.25, -0.2) is 14.4 Å². The summed E-state index contributed by atoms with van der Waals surface area (Å²) in [6.45, 7) is 0.0259. The minimum Gasteiger partial charge on any atom is -0.487 e. The van der Waals surface area contributed by atoms with Crippen molar-refractivity contribution in [2.45, 2.75) is 6.61 Å². The van der Waals surface area contributed by atoms with Gasteiger partial charge in [-0.15, -0.1) is 0 Å². The first-order chi connectivity index (χ1) is 7.77. The average molecular weight is 239 g/mol. The van der Waals surface area contributed by atoms with Gasteiger partial charge in [-0.1, -0.05) is 29.8 Å². The lowest BCUT2D eigenvalue weighted by Crippen LogP contribution is -2.02. The van der Waals surface area contributed by atoms with Crippen LogP contribution in [0.25, 0.3) is 0 Å². The van der Waals surface area contributed by atoms with Crippen LogP contribution in [0, 0.1) is 5.82 Å². The lowest BCUT2D eigenvalue weighted by molar-refractivity contribution is 0.293. The molecule has 2 aromatic rings. The SMILES string of the molecule is Fc1c(Cl)ncnc1COc1ccccc1. The summed E-state index contributed by atoms with van der Waals surface area (Å²) in [6, 6.07) is 9.09. The van der Waals surface area contributed by atoms with Crippen molar-refractivity contribution in [1.82, 2.24) is 9.97 Å². The molecule has 0 spiro atoms. The number of hydrogen-bond acceptors (Lipinski definition) is 3. The third kappa shape index (κ3) is 2.46. The molecule has 0 aliphatic carbocycles. The van der Waals surface area contributed by atoms with Crippen molar-refractivity contribution < 1.29 is 9.13 Å². The Bertz CT molecular complexity index is 479. The molecule has 0 saturated heterocycles. The molecule has 0 aliphatic heterocycles. The molecular weight excluding hydrogens is 231 g/mol. The first-order valence-corrected chi connectivity index (χ1v) is 4.98. The Morgan fingerprint density at radius 2 is 1.94 bits per heavy atom. The Labute approximate surface area is 96.9 Å². The van der Waals surface area contributed by atoms with Crippen LogP contribution in [-0.4, -0.2) is 9.97 Å². The molecule has 1 aromatic carbocycles. The summed E-state index contributed by atoms with van der Waals surface area (Å²) in [7, 11) is 0. The van der Waals surface area contributed by atoms with Gasteiger partial charge in [0.2, 0.25) is 0 Å². The van der Waals surface area contributed by atoms with Crippen molar-refractivity contribution in [2.75, 3.05) is 0 Å². The van der Waals surface area contributed by atoms with Gasteiger partial charge in [0.15, 0.2) is 11.0 Å². The standard InChI is InChI=1S/C11H8ClFN2O/c12-11-10(13)9(14-7-15-11)6-16-8-4-2-1-3-5-8/h1-5,7H,6H2. The molecule has 0 bridgehead atoms. The van der Waals surface area contributed by atoms with E-state index in [0.717, 1.165) is 0 Å². The second-order valence-electron chi connectivity index (χ2n) is 3.03. The number of benzene rings is 1. The smallest absolute Gasteiger partial charge is 0.185 e. The summed E-state index contributed by atoms with van der Waals surface area (Å²) >= 11 is 5.51. The Morgan fingerprint density at radius 1 is 1.19 bits per heavy atom. The van der Waals surface area contributed by atoms with Crippen LogP contribution >= 0.6 is 11.6 Å². The third-order valence-electron chi connectivity index (χ3n) is 1.94. The molecule has 0 radical (unpaired) electrons. The van der Waals surface area contributed by atoms with E-state index in [1.54, 1.807) is 12.1 Å². The molecule has 1 aromatic heterocycles. The molecule has 0 atom stereocenters. The molecule has 0 saturated carbocycles. The summed E-state index contributed by atoms with van der Waals surface area (Å²) in [5, 5.41) is -0.193. The van der Waals surface area contributed by atoms with Gasteiger partial charge in [-0.3, -0.25) is 0 Å². The molecule has 82 valence electrons. The van der Waals surface area contributed by atoms with Crippen molar-refractivity contribution in [1.29, 1.82) is 0 Å². The normalized spacial score (nSPS) is 10.1. The topological polar surface area (TPSA) is 35.0 Å². The van der Waals surface area contributed by atoms with Crippen LogP contribution in [0.4, 0.5) is 4.39 Å². The highest BCUT2D eigenvalue weighted by Gasteiger charge is 2.09. The monoisotopic (exact) mass is 238 g/mol. The summed E-state index contributed by atoms with van der Waals surface area (Å²) < 4.78 is 18.7. The number of para-hydroxylation sites is 1. The Kier molecular flexibility index (Phi) is 3.31. The maximum absolute atomic E-state index is 13.4. The van der Waals surface area contributed by atoms with Gasteiger partial charge in [-0.05, 0) is 12.1 Å². The average Bonchev–Trinajstić information content (AvgIpc) is 2.32.